The van der Waals surface area contributed by atoms with Gasteiger partial charge >= 0.3 is 0 Å². The first kappa shape index (κ1) is 32.8. The molecular formula is C33H39Cl2N3O4S. The van der Waals surface area contributed by atoms with Crippen molar-refractivity contribution in [1.82, 2.24) is 10.2 Å². The zero-order valence-electron chi connectivity index (χ0n) is 24.9. The molecule has 0 aliphatic heterocycles. The van der Waals surface area contributed by atoms with Crippen LogP contribution in [0, 0.1) is 13.8 Å². The molecule has 0 saturated heterocycles. The van der Waals surface area contributed by atoms with E-state index in [2.05, 4.69) is 5.32 Å². The van der Waals surface area contributed by atoms with Gasteiger partial charge in [-0.2, -0.15) is 0 Å². The molecule has 1 atom stereocenters. The van der Waals surface area contributed by atoms with Crippen LogP contribution in [0.2, 0.25) is 10.0 Å². The Morgan fingerprint density at radius 3 is 2.16 bits per heavy atom. The molecule has 7 nitrogen and oxygen atoms in total. The summed E-state index contributed by atoms with van der Waals surface area (Å²) in [6, 6.07) is 17.6. The quantitative estimate of drug-likeness (QED) is 0.242. The van der Waals surface area contributed by atoms with Gasteiger partial charge in [-0.3, -0.25) is 13.9 Å². The lowest BCUT2D eigenvalue weighted by Gasteiger charge is -2.35. The predicted octanol–water partition coefficient (Wildman–Crippen LogP) is 7.06. The standard InChI is InChI=1S/C33H39Cl2N3O4S/c1-4-30(33(40)36-25-14-7-5-8-15-25)37(21-27-28(34)18-12-19-29(27)35)32(39)22-38(31-20-11-13-23(2)24(31)3)43(41,42)26-16-9-6-10-17-26/h6,9-13,16-20,25,30H,4-5,7-8,14-15,21-22H2,1-3H3,(H,36,40). The highest BCUT2D eigenvalue weighted by Gasteiger charge is 2.35. The first-order chi connectivity index (χ1) is 20.5. The van der Waals surface area contributed by atoms with Crippen LogP contribution in [0.25, 0.3) is 0 Å². The second kappa shape index (κ2) is 14.6. The highest BCUT2D eigenvalue weighted by molar-refractivity contribution is 7.92. The van der Waals surface area contributed by atoms with Crippen LogP contribution < -0.4 is 9.62 Å². The number of anilines is 1. The maximum atomic E-state index is 14.4. The molecule has 1 aliphatic carbocycles. The van der Waals surface area contributed by atoms with Gasteiger partial charge in [0.1, 0.15) is 12.6 Å². The molecule has 3 aromatic carbocycles. The van der Waals surface area contributed by atoms with Crippen LogP contribution in [0.4, 0.5) is 5.69 Å². The number of carbonyl (C=O) groups excluding carboxylic acids is 2. The van der Waals surface area contributed by atoms with Crippen LogP contribution in [0.5, 0.6) is 0 Å². The summed E-state index contributed by atoms with van der Waals surface area (Å²) in [7, 11) is -4.15. The largest absolute Gasteiger partial charge is 0.352 e. The van der Waals surface area contributed by atoms with Crippen molar-refractivity contribution < 1.29 is 18.0 Å². The number of benzene rings is 3. The molecule has 0 radical (unpaired) electrons. The molecule has 43 heavy (non-hydrogen) atoms. The number of nitrogens with one attached hydrogen (secondary N) is 1. The highest BCUT2D eigenvalue weighted by atomic mass is 35.5. The minimum Gasteiger partial charge on any atom is -0.352 e. The molecule has 1 saturated carbocycles. The third kappa shape index (κ3) is 7.72. The number of sulfonamides is 1. The van der Waals surface area contributed by atoms with Gasteiger partial charge < -0.3 is 10.2 Å². The molecule has 2 amide bonds. The molecule has 0 aromatic heterocycles. The van der Waals surface area contributed by atoms with Crippen LogP contribution in [-0.4, -0.2) is 43.8 Å². The Hall–Kier alpha value is -3.07. The van der Waals surface area contributed by atoms with E-state index in [4.69, 9.17) is 23.2 Å². The van der Waals surface area contributed by atoms with Crippen molar-refractivity contribution in [3.05, 3.63) is 93.5 Å². The van der Waals surface area contributed by atoms with Crippen molar-refractivity contribution in [3.8, 4) is 0 Å². The van der Waals surface area contributed by atoms with Gasteiger partial charge in [0.05, 0.1) is 10.6 Å². The average molecular weight is 645 g/mol. The maximum absolute atomic E-state index is 14.4. The highest BCUT2D eigenvalue weighted by Crippen LogP contribution is 2.31. The fourth-order valence-corrected chi connectivity index (χ4v) is 7.57. The van der Waals surface area contributed by atoms with Crippen LogP contribution in [0.1, 0.15) is 62.1 Å². The van der Waals surface area contributed by atoms with Gasteiger partial charge in [0, 0.05) is 28.2 Å². The summed E-state index contributed by atoms with van der Waals surface area (Å²) in [6.45, 7) is 4.98. The summed E-state index contributed by atoms with van der Waals surface area (Å²) in [5.41, 5.74) is 2.51. The Morgan fingerprint density at radius 1 is 0.907 bits per heavy atom. The third-order valence-corrected chi connectivity index (χ3v) is 10.7. The molecule has 4 rings (SSSR count). The van der Waals surface area contributed by atoms with Crippen LogP contribution in [0.15, 0.2) is 71.6 Å². The lowest BCUT2D eigenvalue weighted by molar-refractivity contribution is -0.140. The number of hydrogen-bond donors (Lipinski definition) is 1. The molecule has 10 heteroatoms. The molecule has 0 bridgehead atoms. The van der Waals surface area contributed by atoms with Crippen molar-refractivity contribution in [2.75, 3.05) is 10.8 Å². The van der Waals surface area contributed by atoms with E-state index in [1.165, 1.54) is 17.0 Å². The normalized spacial score (nSPS) is 14.6. The van der Waals surface area contributed by atoms with Gasteiger partial charge in [-0.25, -0.2) is 8.42 Å². The van der Waals surface area contributed by atoms with Gasteiger partial charge in [0.2, 0.25) is 11.8 Å². The van der Waals surface area contributed by atoms with E-state index in [1.54, 1.807) is 48.5 Å². The molecule has 230 valence electrons. The van der Waals surface area contributed by atoms with Gasteiger partial charge in [0.15, 0.2) is 0 Å². The molecular weight excluding hydrogens is 605 g/mol. The Morgan fingerprint density at radius 2 is 1.53 bits per heavy atom. The molecule has 1 fully saturated rings. The lowest BCUT2D eigenvalue weighted by Crippen LogP contribution is -2.54. The van der Waals surface area contributed by atoms with Gasteiger partial charge in [0.25, 0.3) is 10.0 Å². The second-order valence-corrected chi connectivity index (χ2v) is 13.7. The number of amides is 2. The van der Waals surface area contributed by atoms with E-state index < -0.39 is 28.5 Å². The number of hydrogen-bond acceptors (Lipinski definition) is 4. The topological polar surface area (TPSA) is 86.8 Å². The number of rotatable bonds is 11. The molecule has 3 aromatic rings. The maximum Gasteiger partial charge on any atom is 0.264 e. The van der Waals surface area contributed by atoms with Crippen LogP contribution in [0.3, 0.4) is 0 Å². The zero-order chi connectivity index (χ0) is 31.1. The first-order valence-electron chi connectivity index (χ1n) is 14.7. The average Bonchev–Trinajstić information content (AvgIpc) is 2.99. The summed E-state index contributed by atoms with van der Waals surface area (Å²) in [5, 5.41) is 3.86. The molecule has 1 aliphatic rings. The van der Waals surface area contributed by atoms with Crippen molar-refractivity contribution >= 4 is 50.7 Å². The van der Waals surface area contributed by atoms with Gasteiger partial charge in [-0.1, -0.05) is 85.8 Å². The minimum absolute atomic E-state index is 0.0426. The van der Waals surface area contributed by atoms with Crippen molar-refractivity contribution in [3.63, 3.8) is 0 Å². The second-order valence-electron chi connectivity index (χ2n) is 11.0. The lowest BCUT2D eigenvalue weighted by atomic mass is 9.95. The van der Waals surface area contributed by atoms with E-state index in [0.717, 1.165) is 47.5 Å². The Labute approximate surface area is 265 Å². The van der Waals surface area contributed by atoms with Crippen molar-refractivity contribution in [2.24, 2.45) is 0 Å². The smallest absolute Gasteiger partial charge is 0.264 e. The van der Waals surface area contributed by atoms with Crippen LogP contribution in [-0.2, 0) is 26.2 Å². The molecule has 0 heterocycles. The zero-order valence-corrected chi connectivity index (χ0v) is 27.2. The summed E-state index contributed by atoms with van der Waals surface area (Å²) >= 11 is 13.0. The number of aryl methyl sites for hydroxylation is 1. The molecule has 1 N–H and O–H groups in total. The van der Waals surface area contributed by atoms with E-state index in [9.17, 15) is 18.0 Å². The Bertz CT molecular complexity index is 1520. The van der Waals surface area contributed by atoms with E-state index in [0.29, 0.717) is 27.7 Å². The van der Waals surface area contributed by atoms with Crippen molar-refractivity contribution in [1.29, 1.82) is 0 Å². The third-order valence-electron chi connectivity index (χ3n) is 8.18. The first-order valence-corrected chi connectivity index (χ1v) is 16.9. The van der Waals surface area contributed by atoms with E-state index >= 15 is 0 Å². The summed E-state index contributed by atoms with van der Waals surface area (Å²) in [5.74, 6) is -0.808. The number of carbonyl (C=O) groups is 2. The van der Waals surface area contributed by atoms with Gasteiger partial charge in [-0.05, 0) is 74.6 Å². The molecule has 0 spiro atoms. The monoisotopic (exact) mass is 643 g/mol. The fraction of sp³-hybridized carbons (Fsp3) is 0.394. The summed E-state index contributed by atoms with van der Waals surface area (Å²) in [6.07, 6.45) is 5.33. The predicted molar refractivity (Wildman–Crippen MR) is 173 cm³/mol. The SMILES string of the molecule is CCC(C(=O)NC1CCCCC1)N(Cc1c(Cl)cccc1Cl)C(=O)CN(c1cccc(C)c1C)S(=O)(=O)c1ccccc1. The summed E-state index contributed by atoms with van der Waals surface area (Å²) in [4.78, 5) is 29.6. The minimum atomic E-state index is -4.15. The van der Waals surface area contributed by atoms with E-state index in [1.807, 2.05) is 26.8 Å². The number of nitrogens with zero attached hydrogens (tertiary/aromatic N) is 2. The van der Waals surface area contributed by atoms with Gasteiger partial charge in [-0.15, -0.1) is 0 Å². The summed E-state index contributed by atoms with van der Waals surface area (Å²) < 4.78 is 29.3. The van der Waals surface area contributed by atoms with Crippen LogP contribution >= 0.6 is 23.2 Å². The fourth-order valence-electron chi connectivity index (χ4n) is 5.56. The number of halogens is 2. The van der Waals surface area contributed by atoms with E-state index in [-0.39, 0.29) is 23.4 Å². The Kier molecular flexibility index (Phi) is 11.2. The Balaban J connectivity index is 1.76. The van der Waals surface area contributed by atoms with Crippen molar-refractivity contribution in [2.45, 2.75) is 82.8 Å². The molecule has 1 unspecified atom stereocenters.